The molecule has 0 amide bonds. The normalized spacial score (nSPS) is 19.7. The smallest absolute Gasteiger partial charge is 0.243 e. The lowest BCUT2D eigenvalue weighted by Crippen LogP contribution is -2.43. The topological polar surface area (TPSA) is 79.0 Å². The largest absolute Gasteiger partial charge is 0.379 e. The molecule has 0 bridgehead atoms. The maximum absolute atomic E-state index is 13.1. The summed E-state index contributed by atoms with van der Waals surface area (Å²) >= 11 is 0. The van der Waals surface area contributed by atoms with Gasteiger partial charge in [0, 0.05) is 44.3 Å². The number of Topliss-reactive ketones (excluding diaryl/α,β-unsaturated/α-hetero) is 1. The van der Waals surface area contributed by atoms with Crippen LogP contribution in [-0.2, 0) is 14.8 Å². The van der Waals surface area contributed by atoms with Crippen molar-refractivity contribution < 1.29 is 17.9 Å². The zero-order valence-corrected chi connectivity index (χ0v) is 20.7. The van der Waals surface area contributed by atoms with E-state index in [0.29, 0.717) is 44.3 Å². The van der Waals surface area contributed by atoms with Gasteiger partial charge in [-0.3, -0.25) is 9.69 Å². The highest BCUT2D eigenvalue weighted by atomic mass is 32.2. The van der Waals surface area contributed by atoms with Crippen molar-refractivity contribution in [2.24, 2.45) is 5.92 Å². The molecule has 7 nitrogen and oxygen atoms in total. The molecule has 2 aromatic carbocycles. The number of nitrogens with one attached hydrogen (secondary N) is 1. The van der Waals surface area contributed by atoms with Gasteiger partial charge in [0.2, 0.25) is 10.0 Å². The molecule has 8 heteroatoms. The minimum absolute atomic E-state index is 0.113. The molecule has 184 valence electrons. The number of carbonyl (C=O) groups is 1. The maximum Gasteiger partial charge on any atom is 0.243 e. The molecule has 34 heavy (non-hydrogen) atoms. The Morgan fingerprint density at radius 1 is 1.03 bits per heavy atom. The number of carbonyl (C=O) groups excluding carboxylic acids is 1. The van der Waals surface area contributed by atoms with E-state index in [2.05, 4.69) is 29.3 Å². The SMILES string of the molecule is CC1CCN(S(=O)(=O)c2cccc(C(=O)CNCC(c3ccccc3)N3CCOCC3)c2)CC1. The number of benzene rings is 2. The van der Waals surface area contributed by atoms with E-state index in [-0.39, 0.29) is 23.3 Å². The summed E-state index contributed by atoms with van der Waals surface area (Å²) in [5.74, 6) is 0.431. The van der Waals surface area contributed by atoms with Gasteiger partial charge in [0.1, 0.15) is 0 Å². The van der Waals surface area contributed by atoms with Gasteiger partial charge in [-0.1, -0.05) is 49.4 Å². The van der Waals surface area contributed by atoms with Gasteiger partial charge < -0.3 is 10.1 Å². The van der Waals surface area contributed by atoms with Crippen LogP contribution >= 0.6 is 0 Å². The Bertz CT molecular complexity index is 1050. The Labute approximate surface area is 203 Å². The fourth-order valence-electron chi connectivity index (χ4n) is 4.65. The summed E-state index contributed by atoms with van der Waals surface area (Å²) in [5, 5.41) is 3.31. The summed E-state index contributed by atoms with van der Waals surface area (Å²) < 4.78 is 33.2. The minimum Gasteiger partial charge on any atom is -0.379 e. The zero-order valence-electron chi connectivity index (χ0n) is 19.9. The maximum atomic E-state index is 13.1. The lowest BCUT2D eigenvalue weighted by molar-refractivity contribution is 0.0162. The summed E-state index contributed by atoms with van der Waals surface area (Å²) in [6, 6.07) is 16.9. The Balaban J connectivity index is 1.39. The fourth-order valence-corrected chi connectivity index (χ4v) is 6.17. The highest BCUT2D eigenvalue weighted by Gasteiger charge is 2.28. The van der Waals surface area contributed by atoms with E-state index in [0.717, 1.165) is 25.9 Å². The number of hydrogen-bond acceptors (Lipinski definition) is 6. The van der Waals surface area contributed by atoms with E-state index in [9.17, 15) is 13.2 Å². The second-order valence-electron chi connectivity index (χ2n) is 9.24. The number of ketones is 1. The molecular formula is C26H35N3O4S. The van der Waals surface area contributed by atoms with E-state index < -0.39 is 10.0 Å². The van der Waals surface area contributed by atoms with Crippen molar-refractivity contribution in [3.05, 3.63) is 65.7 Å². The first-order chi connectivity index (χ1) is 16.4. The molecule has 4 rings (SSSR count). The molecule has 2 heterocycles. The molecule has 1 atom stereocenters. The molecular weight excluding hydrogens is 450 g/mol. The van der Waals surface area contributed by atoms with Crippen molar-refractivity contribution in [1.82, 2.24) is 14.5 Å². The monoisotopic (exact) mass is 485 g/mol. The Hall–Kier alpha value is -2.10. The van der Waals surface area contributed by atoms with Crippen LogP contribution in [-0.4, -0.2) is 75.9 Å². The van der Waals surface area contributed by atoms with Crippen molar-refractivity contribution >= 4 is 15.8 Å². The first-order valence-corrected chi connectivity index (χ1v) is 13.6. The molecule has 0 saturated carbocycles. The van der Waals surface area contributed by atoms with Gasteiger partial charge in [-0.2, -0.15) is 4.31 Å². The average molecular weight is 486 g/mol. The Morgan fingerprint density at radius 2 is 1.74 bits per heavy atom. The molecule has 1 unspecified atom stereocenters. The van der Waals surface area contributed by atoms with Crippen LogP contribution in [0.1, 0.15) is 41.7 Å². The van der Waals surface area contributed by atoms with Gasteiger partial charge >= 0.3 is 0 Å². The third-order valence-electron chi connectivity index (χ3n) is 6.83. The van der Waals surface area contributed by atoms with Crippen LogP contribution in [0.3, 0.4) is 0 Å². The Kier molecular flexibility index (Phi) is 8.50. The van der Waals surface area contributed by atoms with E-state index in [1.54, 1.807) is 22.5 Å². The van der Waals surface area contributed by atoms with Crippen LogP contribution in [0.25, 0.3) is 0 Å². The van der Waals surface area contributed by atoms with Gasteiger partial charge in [-0.05, 0) is 36.5 Å². The molecule has 0 aromatic heterocycles. The number of sulfonamides is 1. The lowest BCUT2D eigenvalue weighted by atomic mass is 10.0. The summed E-state index contributed by atoms with van der Waals surface area (Å²) in [6.07, 6.45) is 1.74. The molecule has 2 fully saturated rings. The fraction of sp³-hybridized carbons (Fsp3) is 0.500. The van der Waals surface area contributed by atoms with Gasteiger partial charge in [-0.15, -0.1) is 0 Å². The van der Waals surface area contributed by atoms with Crippen LogP contribution in [0.4, 0.5) is 0 Å². The van der Waals surface area contributed by atoms with Crippen molar-refractivity contribution in [1.29, 1.82) is 0 Å². The molecule has 2 aromatic rings. The van der Waals surface area contributed by atoms with E-state index in [1.807, 2.05) is 18.2 Å². The van der Waals surface area contributed by atoms with Crippen molar-refractivity contribution in [3.8, 4) is 0 Å². The van der Waals surface area contributed by atoms with Crippen LogP contribution in [0.15, 0.2) is 59.5 Å². The zero-order chi connectivity index (χ0) is 24.0. The summed E-state index contributed by atoms with van der Waals surface area (Å²) in [4.78, 5) is 15.5. The molecule has 0 radical (unpaired) electrons. The van der Waals surface area contributed by atoms with Crippen LogP contribution in [0, 0.1) is 5.92 Å². The molecule has 1 N–H and O–H groups in total. The molecule has 0 spiro atoms. The second kappa shape index (κ2) is 11.6. The molecule has 2 aliphatic heterocycles. The third kappa shape index (κ3) is 6.12. The average Bonchev–Trinajstić information content (AvgIpc) is 2.88. The van der Waals surface area contributed by atoms with E-state index in [1.165, 1.54) is 11.6 Å². The van der Waals surface area contributed by atoms with Crippen molar-refractivity contribution in [3.63, 3.8) is 0 Å². The number of morpholine rings is 1. The number of nitrogens with zero attached hydrogens (tertiary/aromatic N) is 2. The molecule has 0 aliphatic carbocycles. The highest BCUT2D eigenvalue weighted by molar-refractivity contribution is 7.89. The predicted octanol–water partition coefficient (Wildman–Crippen LogP) is 2.95. The van der Waals surface area contributed by atoms with Crippen LogP contribution < -0.4 is 5.32 Å². The highest BCUT2D eigenvalue weighted by Crippen LogP contribution is 2.24. The molecule has 2 saturated heterocycles. The first-order valence-electron chi connectivity index (χ1n) is 12.2. The Morgan fingerprint density at radius 3 is 2.44 bits per heavy atom. The van der Waals surface area contributed by atoms with Gasteiger partial charge in [0.15, 0.2) is 5.78 Å². The van der Waals surface area contributed by atoms with Gasteiger partial charge in [0.25, 0.3) is 0 Å². The number of hydrogen-bond donors (Lipinski definition) is 1. The quantitative estimate of drug-likeness (QED) is 0.550. The van der Waals surface area contributed by atoms with Crippen molar-refractivity contribution in [2.75, 3.05) is 52.5 Å². The number of piperidine rings is 1. The molecule has 2 aliphatic rings. The van der Waals surface area contributed by atoms with E-state index >= 15 is 0 Å². The summed E-state index contributed by atoms with van der Waals surface area (Å²) in [6.45, 7) is 7.11. The van der Waals surface area contributed by atoms with Gasteiger partial charge in [0.05, 0.1) is 24.7 Å². The summed E-state index contributed by atoms with van der Waals surface area (Å²) in [7, 11) is -3.58. The van der Waals surface area contributed by atoms with E-state index in [4.69, 9.17) is 4.74 Å². The van der Waals surface area contributed by atoms with Gasteiger partial charge in [-0.25, -0.2) is 8.42 Å². The number of rotatable bonds is 9. The predicted molar refractivity (Wildman–Crippen MR) is 132 cm³/mol. The van der Waals surface area contributed by atoms with Crippen LogP contribution in [0.2, 0.25) is 0 Å². The standard InChI is InChI=1S/C26H35N3O4S/c1-21-10-12-29(13-11-21)34(31,32)24-9-5-8-23(18-24)26(30)20-27-19-25(22-6-3-2-4-7-22)28-14-16-33-17-15-28/h2-9,18,21,25,27H,10-17,19-20H2,1H3. The first kappa shape index (κ1) is 25.0. The second-order valence-corrected chi connectivity index (χ2v) is 11.2. The lowest BCUT2D eigenvalue weighted by Gasteiger charge is -2.35. The minimum atomic E-state index is -3.58. The van der Waals surface area contributed by atoms with Crippen molar-refractivity contribution in [2.45, 2.75) is 30.7 Å². The third-order valence-corrected chi connectivity index (χ3v) is 8.73. The number of ether oxygens (including phenoxy) is 1. The summed E-state index contributed by atoms with van der Waals surface area (Å²) in [5.41, 5.74) is 1.62. The van der Waals surface area contributed by atoms with Crippen LogP contribution in [0.5, 0.6) is 0 Å².